The molecule has 1 aromatic carbocycles. The Labute approximate surface area is 134 Å². The third kappa shape index (κ3) is 3.69. The molecule has 2 rings (SSSR count). The Balaban J connectivity index is 2.03. The van der Waals surface area contributed by atoms with Crippen molar-refractivity contribution in [1.82, 2.24) is 4.90 Å². The Morgan fingerprint density at radius 2 is 2.05 bits per heavy atom. The van der Waals surface area contributed by atoms with Gasteiger partial charge in [0.05, 0.1) is 19.4 Å². The standard InChI is InChI=1S/C15H17Cl2NO3/c1-9-7-18(8-12(9)15(20)21-2)14(19)5-10-3-4-11(16)6-13(10)17/h3-4,6,9,12H,5,7-8H2,1-2H3. The highest BCUT2D eigenvalue weighted by Crippen LogP contribution is 2.26. The van der Waals surface area contributed by atoms with E-state index in [1.165, 1.54) is 7.11 Å². The predicted octanol–water partition coefficient (Wildman–Crippen LogP) is 2.80. The molecule has 0 aliphatic carbocycles. The highest BCUT2D eigenvalue weighted by molar-refractivity contribution is 6.35. The van der Waals surface area contributed by atoms with Crippen LogP contribution in [0, 0.1) is 11.8 Å². The average Bonchev–Trinajstić information content (AvgIpc) is 2.83. The van der Waals surface area contributed by atoms with Crippen LogP contribution >= 0.6 is 23.2 Å². The molecule has 0 N–H and O–H groups in total. The van der Waals surface area contributed by atoms with Crippen molar-refractivity contribution in [2.45, 2.75) is 13.3 Å². The third-order valence-corrected chi connectivity index (χ3v) is 4.41. The van der Waals surface area contributed by atoms with Gasteiger partial charge in [-0.05, 0) is 23.6 Å². The molecule has 21 heavy (non-hydrogen) atoms. The van der Waals surface area contributed by atoms with Gasteiger partial charge in [-0.2, -0.15) is 0 Å². The number of likely N-dealkylation sites (tertiary alicyclic amines) is 1. The summed E-state index contributed by atoms with van der Waals surface area (Å²) >= 11 is 11.9. The molecule has 4 nitrogen and oxygen atoms in total. The lowest BCUT2D eigenvalue weighted by atomic mass is 9.99. The minimum Gasteiger partial charge on any atom is -0.469 e. The lowest BCUT2D eigenvalue weighted by Gasteiger charge is -2.16. The summed E-state index contributed by atoms with van der Waals surface area (Å²) in [6.45, 7) is 2.91. The van der Waals surface area contributed by atoms with Gasteiger partial charge in [-0.3, -0.25) is 9.59 Å². The van der Waals surface area contributed by atoms with Crippen molar-refractivity contribution in [3.05, 3.63) is 33.8 Å². The molecule has 0 spiro atoms. The zero-order valence-electron chi connectivity index (χ0n) is 11.9. The second-order valence-corrected chi connectivity index (χ2v) is 6.16. The first kappa shape index (κ1) is 16.1. The van der Waals surface area contributed by atoms with E-state index >= 15 is 0 Å². The molecule has 0 bridgehead atoms. The minimum absolute atomic E-state index is 0.0440. The summed E-state index contributed by atoms with van der Waals surface area (Å²) in [6.07, 6.45) is 0.205. The molecule has 2 atom stereocenters. The van der Waals surface area contributed by atoms with E-state index in [-0.39, 0.29) is 30.1 Å². The molecule has 1 aliphatic heterocycles. The summed E-state index contributed by atoms with van der Waals surface area (Å²) in [4.78, 5) is 25.7. The summed E-state index contributed by atoms with van der Waals surface area (Å²) in [5.41, 5.74) is 0.736. The summed E-state index contributed by atoms with van der Waals surface area (Å²) in [6, 6.07) is 5.08. The van der Waals surface area contributed by atoms with Gasteiger partial charge in [-0.15, -0.1) is 0 Å². The molecule has 0 aromatic heterocycles. The number of rotatable bonds is 3. The van der Waals surface area contributed by atoms with Gasteiger partial charge < -0.3 is 9.64 Å². The Bertz CT molecular complexity index is 562. The third-order valence-electron chi connectivity index (χ3n) is 3.83. The molecule has 1 amide bonds. The number of halogens is 2. The molecular weight excluding hydrogens is 313 g/mol. The average molecular weight is 330 g/mol. The van der Waals surface area contributed by atoms with E-state index in [1.54, 1.807) is 23.1 Å². The summed E-state index contributed by atoms with van der Waals surface area (Å²) < 4.78 is 4.77. The number of carbonyl (C=O) groups excluding carboxylic acids is 2. The number of hydrogen-bond donors (Lipinski definition) is 0. The van der Waals surface area contributed by atoms with Gasteiger partial charge >= 0.3 is 5.97 Å². The zero-order valence-corrected chi connectivity index (χ0v) is 13.4. The number of esters is 1. The van der Waals surface area contributed by atoms with Crippen LogP contribution in [-0.2, 0) is 20.7 Å². The highest BCUT2D eigenvalue weighted by atomic mass is 35.5. The van der Waals surface area contributed by atoms with Crippen LogP contribution in [0.3, 0.4) is 0 Å². The quantitative estimate of drug-likeness (QED) is 0.801. The van der Waals surface area contributed by atoms with Crippen LogP contribution in [0.2, 0.25) is 10.0 Å². The molecule has 1 fully saturated rings. The highest BCUT2D eigenvalue weighted by Gasteiger charge is 2.37. The fourth-order valence-electron chi connectivity index (χ4n) is 2.57. The molecule has 1 saturated heterocycles. The van der Waals surface area contributed by atoms with Gasteiger partial charge in [0.2, 0.25) is 5.91 Å². The van der Waals surface area contributed by atoms with Crippen LogP contribution in [0.25, 0.3) is 0 Å². The van der Waals surface area contributed by atoms with E-state index in [4.69, 9.17) is 27.9 Å². The second kappa shape index (κ2) is 6.67. The fraction of sp³-hybridized carbons (Fsp3) is 0.467. The largest absolute Gasteiger partial charge is 0.469 e. The topological polar surface area (TPSA) is 46.6 Å². The van der Waals surface area contributed by atoms with Crippen molar-refractivity contribution in [3.8, 4) is 0 Å². The Kier molecular flexibility index (Phi) is 5.12. The predicted molar refractivity (Wildman–Crippen MR) is 81.4 cm³/mol. The van der Waals surface area contributed by atoms with Crippen molar-refractivity contribution >= 4 is 35.1 Å². The Hall–Kier alpha value is -1.26. The van der Waals surface area contributed by atoms with Gasteiger partial charge in [-0.25, -0.2) is 0 Å². The number of benzene rings is 1. The second-order valence-electron chi connectivity index (χ2n) is 5.32. The summed E-state index contributed by atoms with van der Waals surface area (Å²) in [5.74, 6) is -0.457. The maximum absolute atomic E-state index is 12.3. The van der Waals surface area contributed by atoms with E-state index in [2.05, 4.69) is 0 Å². The molecule has 6 heteroatoms. The van der Waals surface area contributed by atoms with Crippen LogP contribution in [0.15, 0.2) is 18.2 Å². The van der Waals surface area contributed by atoms with E-state index in [9.17, 15) is 9.59 Å². The smallest absolute Gasteiger partial charge is 0.310 e. The van der Waals surface area contributed by atoms with Gasteiger partial charge in [0.25, 0.3) is 0 Å². The van der Waals surface area contributed by atoms with Gasteiger partial charge in [0, 0.05) is 23.1 Å². The minimum atomic E-state index is -0.262. The van der Waals surface area contributed by atoms with E-state index < -0.39 is 0 Å². The van der Waals surface area contributed by atoms with Crippen LogP contribution in [0.5, 0.6) is 0 Å². The maximum atomic E-state index is 12.3. The number of carbonyl (C=O) groups is 2. The van der Waals surface area contributed by atoms with Crippen molar-refractivity contribution in [2.24, 2.45) is 11.8 Å². The Morgan fingerprint density at radius 1 is 1.33 bits per heavy atom. The number of amides is 1. The number of ether oxygens (including phenoxy) is 1. The molecule has 114 valence electrons. The van der Waals surface area contributed by atoms with Crippen LogP contribution in [-0.4, -0.2) is 37.0 Å². The van der Waals surface area contributed by atoms with E-state index in [0.29, 0.717) is 23.1 Å². The SMILES string of the molecule is COC(=O)C1CN(C(=O)Cc2ccc(Cl)cc2Cl)CC1C. The lowest BCUT2D eigenvalue weighted by molar-refractivity contribution is -0.146. The number of nitrogens with zero attached hydrogens (tertiary/aromatic N) is 1. The van der Waals surface area contributed by atoms with Crippen LogP contribution in [0.4, 0.5) is 0 Å². The molecule has 1 aromatic rings. The lowest BCUT2D eigenvalue weighted by Crippen LogP contribution is -2.31. The zero-order chi connectivity index (χ0) is 15.6. The van der Waals surface area contributed by atoms with Crippen LogP contribution in [0.1, 0.15) is 12.5 Å². The first-order valence-electron chi connectivity index (χ1n) is 6.72. The molecule has 2 unspecified atom stereocenters. The van der Waals surface area contributed by atoms with E-state index in [1.807, 2.05) is 6.92 Å². The molecule has 1 aliphatic rings. The number of hydrogen-bond acceptors (Lipinski definition) is 3. The monoisotopic (exact) mass is 329 g/mol. The van der Waals surface area contributed by atoms with E-state index in [0.717, 1.165) is 5.56 Å². The Morgan fingerprint density at radius 3 is 2.67 bits per heavy atom. The normalized spacial score (nSPS) is 21.4. The molecule has 1 heterocycles. The van der Waals surface area contributed by atoms with Gasteiger partial charge in [0.15, 0.2) is 0 Å². The number of methoxy groups -OCH3 is 1. The van der Waals surface area contributed by atoms with Gasteiger partial charge in [-0.1, -0.05) is 36.2 Å². The van der Waals surface area contributed by atoms with Crippen LogP contribution < -0.4 is 0 Å². The summed E-state index contributed by atoms with van der Waals surface area (Å²) in [7, 11) is 1.37. The first-order valence-corrected chi connectivity index (χ1v) is 7.47. The first-order chi connectivity index (χ1) is 9.92. The van der Waals surface area contributed by atoms with Gasteiger partial charge in [0.1, 0.15) is 0 Å². The summed E-state index contributed by atoms with van der Waals surface area (Å²) in [5, 5.41) is 1.02. The molecular formula is C15H17Cl2NO3. The van der Waals surface area contributed by atoms with Crippen molar-refractivity contribution in [2.75, 3.05) is 20.2 Å². The molecule has 0 radical (unpaired) electrons. The molecule has 0 saturated carbocycles. The fourth-order valence-corrected chi connectivity index (χ4v) is 3.04. The maximum Gasteiger partial charge on any atom is 0.310 e. The van der Waals surface area contributed by atoms with Crippen molar-refractivity contribution in [3.63, 3.8) is 0 Å². The van der Waals surface area contributed by atoms with Crippen molar-refractivity contribution in [1.29, 1.82) is 0 Å². The van der Waals surface area contributed by atoms with Crippen molar-refractivity contribution < 1.29 is 14.3 Å².